The van der Waals surface area contributed by atoms with Crippen LogP contribution in [-0.4, -0.2) is 72.9 Å². The number of anilines is 2. The summed E-state index contributed by atoms with van der Waals surface area (Å²) in [4.78, 5) is 25.2. The van der Waals surface area contributed by atoms with Crippen LogP contribution in [0.25, 0.3) is 0 Å². The summed E-state index contributed by atoms with van der Waals surface area (Å²) < 4.78 is 14.1. The molecule has 4 heterocycles. The van der Waals surface area contributed by atoms with Crippen molar-refractivity contribution >= 4 is 17.7 Å². The number of rotatable bonds is 4. The summed E-state index contributed by atoms with van der Waals surface area (Å²) in [6.07, 6.45) is 1.72. The molecule has 11 heteroatoms. The maximum Gasteiger partial charge on any atom is 0.321 e. The smallest absolute Gasteiger partial charge is 0.321 e. The molecule has 2 aromatic heterocycles. The molecular formula is C20H29FN8O2. The summed E-state index contributed by atoms with van der Waals surface area (Å²) in [6.45, 7) is 9.25. The Hall–Kier alpha value is -2.79. The van der Waals surface area contributed by atoms with E-state index in [0.29, 0.717) is 37.7 Å². The molecule has 2 amide bonds. The molecule has 0 aromatic carbocycles. The van der Waals surface area contributed by atoms with Gasteiger partial charge in [0.1, 0.15) is 5.82 Å². The minimum Gasteiger partial charge on any atom is -0.396 e. The number of aliphatic hydroxyl groups excluding tert-OH is 1. The zero-order valence-electron chi connectivity index (χ0n) is 18.2. The van der Waals surface area contributed by atoms with Crippen molar-refractivity contribution in [3.05, 3.63) is 29.1 Å². The third kappa shape index (κ3) is 3.83. The molecule has 0 aliphatic carbocycles. The number of aryl methyl sites for hydroxylation is 1. The van der Waals surface area contributed by atoms with Gasteiger partial charge in [-0.25, -0.2) is 19.2 Å². The molecule has 0 saturated carbocycles. The highest BCUT2D eigenvalue weighted by Crippen LogP contribution is 2.42. The lowest BCUT2D eigenvalue weighted by molar-refractivity contribution is 0.0759. The molecular weight excluding hydrogens is 403 g/mol. The number of amides is 2. The fourth-order valence-corrected chi connectivity index (χ4v) is 4.28. The number of piperazine rings is 1. The standard InChI is InChI=1S/C20H29FN8O2/c1-11-7-23-13(5-6-30)9-28(11)19(31)29-10-14-16(20(29,3)4)26-27-17(14)25-18-15(21)8-22-12(2)24-18/h8,11,13,23,30H,5-7,9-10H2,1-4H3,(H2,22,24,25,26,27)/t11-,13?/m0/s1. The average Bonchev–Trinajstić information content (AvgIpc) is 3.24. The Morgan fingerprint density at radius 1 is 1.42 bits per heavy atom. The average molecular weight is 433 g/mol. The van der Waals surface area contributed by atoms with Crippen molar-refractivity contribution in [3.8, 4) is 0 Å². The van der Waals surface area contributed by atoms with E-state index in [0.717, 1.165) is 17.5 Å². The molecule has 0 radical (unpaired) electrons. The molecule has 1 saturated heterocycles. The first-order chi connectivity index (χ1) is 14.7. The van der Waals surface area contributed by atoms with Crippen molar-refractivity contribution in [1.82, 2.24) is 35.3 Å². The van der Waals surface area contributed by atoms with Crippen molar-refractivity contribution in [2.45, 2.75) is 58.3 Å². The number of fused-ring (bicyclic) bond motifs is 1. The number of urea groups is 1. The number of aromatic amines is 1. The molecule has 2 aliphatic rings. The van der Waals surface area contributed by atoms with Crippen molar-refractivity contribution in [1.29, 1.82) is 0 Å². The Labute approximate surface area is 180 Å². The van der Waals surface area contributed by atoms with Crippen molar-refractivity contribution < 1.29 is 14.3 Å². The number of hydrogen-bond acceptors (Lipinski definition) is 7. The van der Waals surface area contributed by atoms with Gasteiger partial charge < -0.3 is 25.5 Å². The maximum atomic E-state index is 14.1. The largest absolute Gasteiger partial charge is 0.396 e. The normalized spacial score (nSPS) is 22.5. The highest BCUT2D eigenvalue weighted by molar-refractivity contribution is 5.78. The molecule has 168 valence electrons. The van der Waals surface area contributed by atoms with E-state index in [4.69, 9.17) is 0 Å². The Kier molecular flexibility index (Phi) is 5.56. The van der Waals surface area contributed by atoms with E-state index in [9.17, 15) is 14.3 Å². The fraction of sp³-hybridized carbons (Fsp3) is 0.600. The summed E-state index contributed by atoms with van der Waals surface area (Å²) >= 11 is 0. The van der Waals surface area contributed by atoms with E-state index in [1.54, 1.807) is 11.8 Å². The van der Waals surface area contributed by atoms with Gasteiger partial charge in [0.2, 0.25) is 0 Å². The summed E-state index contributed by atoms with van der Waals surface area (Å²) in [7, 11) is 0. The Balaban J connectivity index is 1.57. The Bertz CT molecular complexity index is 978. The number of nitrogens with zero attached hydrogens (tertiary/aromatic N) is 5. The number of nitrogens with one attached hydrogen (secondary N) is 3. The van der Waals surface area contributed by atoms with Gasteiger partial charge in [0.15, 0.2) is 17.5 Å². The Morgan fingerprint density at radius 3 is 2.94 bits per heavy atom. The molecule has 2 atom stereocenters. The maximum absolute atomic E-state index is 14.1. The quantitative estimate of drug-likeness (QED) is 0.579. The zero-order chi connectivity index (χ0) is 22.3. The third-order valence-corrected chi connectivity index (χ3v) is 6.18. The van der Waals surface area contributed by atoms with Gasteiger partial charge in [0.25, 0.3) is 0 Å². The van der Waals surface area contributed by atoms with E-state index in [2.05, 4.69) is 30.8 Å². The van der Waals surface area contributed by atoms with E-state index in [-0.39, 0.29) is 30.5 Å². The molecule has 31 heavy (non-hydrogen) atoms. The van der Waals surface area contributed by atoms with E-state index in [1.165, 1.54) is 0 Å². The molecule has 2 aliphatic heterocycles. The van der Waals surface area contributed by atoms with Crippen LogP contribution in [-0.2, 0) is 12.1 Å². The van der Waals surface area contributed by atoms with E-state index < -0.39 is 11.4 Å². The molecule has 10 nitrogen and oxygen atoms in total. The van der Waals surface area contributed by atoms with Crippen molar-refractivity contribution in [2.75, 3.05) is 25.0 Å². The van der Waals surface area contributed by atoms with Crippen LogP contribution < -0.4 is 10.6 Å². The van der Waals surface area contributed by atoms with Gasteiger partial charge in [-0.15, -0.1) is 0 Å². The lowest BCUT2D eigenvalue weighted by atomic mass is 10.0. The van der Waals surface area contributed by atoms with Gasteiger partial charge in [-0.05, 0) is 34.1 Å². The van der Waals surface area contributed by atoms with Crippen LogP contribution in [0.3, 0.4) is 0 Å². The monoisotopic (exact) mass is 432 g/mol. The second-order valence-corrected chi connectivity index (χ2v) is 8.71. The highest BCUT2D eigenvalue weighted by atomic mass is 19.1. The first kappa shape index (κ1) is 21.4. The molecule has 0 spiro atoms. The molecule has 4 N–H and O–H groups in total. The number of H-pyrrole nitrogens is 1. The highest BCUT2D eigenvalue weighted by Gasteiger charge is 2.46. The molecule has 4 rings (SSSR count). The first-order valence-corrected chi connectivity index (χ1v) is 10.5. The fourth-order valence-electron chi connectivity index (χ4n) is 4.28. The van der Waals surface area contributed by atoms with Crippen molar-refractivity contribution in [3.63, 3.8) is 0 Å². The summed E-state index contributed by atoms with van der Waals surface area (Å²) in [5.74, 6) is 0.365. The second kappa shape index (κ2) is 8.04. The predicted octanol–water partition coefficient (Wildman–Crippen LogP) is 1.61. The lowest BCUT2D eigenvalue weighted by Gasteiger charge is -2.43. The SMILES string of the molecule is Cc1ncc(F)c(Nc2n[nH]c3c2CN(C(=O)N2CC(CCO)NC[C@@H]2C)C3(C)C)n1. The lowest BCUT2D eigenvalue weighted by Crippen LogP contribution is -2.61. The molecule has 2 aromatic rings. The number of carbonyl (C=O) groups excluding carboxylic acids is 1. The van der Waals surface area contributed by atoms with Gasteiger partial charge in [0.05, 0.1) is 24.0 Å². The number of halogens is 1. The van der Waals surface area contributed by atoms with Crippen LogP contribution in [0.5, 0.6) is 0 Å². The van der Waals surface area contributed by atoms with Crippen LogP contribution in [0.15, 0.2) is 6.20 Å². The number of aromatic nitrogens is 4. The van der Waals surface area contributed by atoms with Crippen LogP contribution in [0.2, 0.25) is 0 Å². The van der Waals surface area contributed by atoms with Gasteiger partial charge in [0, 0.05) is 37.3 Å². The summed E-state index contributed by atoms with van der Waals surface area (Å²) in [6, 6.07) is 0.0316. The third-order valence-electron chi connectivity index (χ3n) is 6.18. The van der Waals surface area contributed by atoms with Gasteiger partial charge in [-0.3, -0.25) is 5.10 Å². The molecule has 1 unspecified atom stereocenters. The number of aliphatic hydroxyl groups is 1. The minimum absolute atomic E-state index is 0.0333. The zero-order valence-corrected chi connectivity index (χ0v) is 18.2. The van der Waals surface area contributed by atoms with Crippen LogP contribution in [0.4, 0.5) is 20.8 Å². The second-order valence-electron chi connectivity index (χ2n) is 8.71. The Morgan fingerprint density at radius 2 is 2.19 bits per heavy atom. The van der Waals surface area contributed by atoms with Gasteiger partial charge in [-0.1, -0.05) is 0 Å². The minimum atomic E-state index is -0.615. The van der Waals surface area contributed by atoms with Crippen LogP contribution in [0, 0.1) is 12.7 Å². The van der Waals surface area contributed by atoms with Crippen LogP contribution >= 0.6 is 0 Å². The molecule has 0 bridgehead atoms. The molecule has 1 fully saturated rings. The van der Waals surface area contributed by atoms with Crippen LogP contribution in [0.1, 0.15) is 44.3 Å². The summed E-state index contributed by atoms with van der Waals surface area (Å²) in [5, 5.41) is 22.9. The van der Waals surface area contributed by atoms with E-state index >= 15 is 0 Å². The van der Waals surface area contributed by atoms with Gasteiger partial charge in [-0.2, -0.15) is 5.10 Å². The van der Waals surface area contributed by atoms with Gasteiger partial charge >= 0.3 is 6.03 Å². The number of carbonyl (C=O) groups is 1. The van der Waals surface area contributed by atoms with E-state index in [1.807, 2.05) is 25.7 Å². The van der Waals surface area contributed by atoms with Crippen molar-refractivity contribution in [2.24, 2.45) is 0 Å². The number of hydrogen-bond donors (Lipinski definition) is 4. The summed E-state index contributed by atoms with van der Waals surface area (Å²) in [5.41, 5.74) is 1.00. The predicted molar refractivity (Wildman–Crippen MR) is 112 cm³/mol. The topological polar surface area (TPSA) is 122 Å². The first-order valence-electron chi connectivity index (χ1n) is 10.5.